The number of likely N-dealkylation sites (tertiary alicyclic amines) is 1. The predicted octanol–water partition coefficient (Wildman–Crippen LogP) is 5.21. The smallest absolute Gasteiger partial charge is 0.258 e. The number of carbonyl (C=O) groups is 1. The SMILES string of the molecule is COc1cccc(N(C(=O)c2ccc(F)cc2)C2CCN(Cc3cccs3)CC2)c1. The summed E-state index contributed by atoms with van der Waals surface area (Å²) in [6.07, 6.45) is 1.77. The summed E-state index contributed by atoms with van der Waals surface area (Å²) >= 11 is 1.78. The molecule has 1 amide bonds. The molecule has 0 N–H and O–H groups in total. The Bertz CT molecular complexity index is 967. The second-order valence-electron chi connectivity index (χ2n) is 7.47. The van der Waals surface area contributed by atoms with Gasteiger partial charge in [-0.1, -0.05) is 12.1 Å². The van der Waals surface area contributed by atoms with Crippen molar-refractivity contribution in [1.29, 1.82) is 0 Å². The van der Waals surface area contributed by atoms with E-state index in [9.17, 15) is 9.18 Å². The van der Waals surface area contributed by atoms with Crippen LogP contribution in [-0.4, -0.2) is 37.0 Å². The van der Waals surface area contributed by atoms with Crippen molar-refractivity contribution >= 4 is 22.9 Å². The molecule has 3 aromatic rings. The number of thiophene rings is 1. The summed E-state index contributed by atoms with van der Waals surface area (Å²) in [5.74, 6) is 0.251. The molecule has 0 bridgehead atoms. The van der Waals surface area contributed by atoms with E-state index in [0.29, 0.717) is 11.3 Å². The molecule has 6 heteroatoms. The van der Waals surface area contributed by atoms with Crippen molar-refractivity contribution in [1.82, 2.24) is 4.90 Å². The van der Waals surface area contributed by atoms with Crippen LogP contribution in [0.5, 0.6) is 5.75 Å². The molecule has 1 saturated heterocycles. The summed E-state index contributed by atoms with van der Waals surface area (Å²) in [4.78, 5) is 19.1. The molecule has 0 saturated carbocycles. The number of hydrogen-bond acceptors (Lipinski definition) is 4. The van der Waals surface area contributed by atoms with Crippen molar-refractivity contribution in [2.24, 2.45) is 0 Å². The lowest BCUT2D eigenvalue weighted by atomic mass is 10.0. The summed E-state index contributed by atoms with van der Waals surface area (Å²) in [6, 6.07) is 17.7. The van der Waals surface area contributed by atoms with E-state index in [-0.39, 0.29) is 17.8 Å². The molecule has 1 aliphatic heterocycles. The number of ether oxygens (including phenoxy) is 1. The van der Waals surface area contributed by atoms with Crippen LogP contribution in [0.4, 0.5) is 10.1 Å². The number of hydrogen-bond donors (Lipinski definition) is 0. The third-order valence-corrected chi connectivity index (χ3v) is 6.38. The van der Waals surface area contributed by atoms with Gasteiger partial charge < -0.3 is 9.64 Å². The molecular formula is C24H25FN2O2S. The number of anilines is 1. The number of amides is 1. The first-order valence-corrected chi connectivity index (χ1v) is 11.0. The van der Waals surface area contributed by atoms with E-state index in [2.05, 4.69) is 22.4 Å². The Kier molecular flexibility index (Phi) is 6.45. The van der Waals surface area contributed by atoms with Crippen molar-refractivity contribution in [3.63, 3.8) is 0 Å². The highest BCUT2D eigenvalue weighted by Crippen LogP contribution is 2.29. The fourth-order valence-electron chi connectivity index (χ4n) is 3.94. The van der Waals surface area contributed by atoms with E-state index < -0.39 is 0 Å². The van der Waals surface area contributed by atoms with E-state index in [4.69, 9.17) is 4.74 Å². The van der Waals surface area contributed by atoms with Crippen molar-refractivity contribution in [2.45, 2.75) is 25.4 Å². The van der Waals surface area contributed by atoms with Crippen LogP contribution >= 0.6 is 11.3 Å². The fourth-order valence-corrected chi connectivity index (χ4v) is 4.69. The Morgan fingerprint density at radius 2 is 1.90 bits per heavy atom. The first kappa shape index (κ1) is 20.6. The van der Waals surface area contributed by atoms with E-state index in [0.717, 1.165) is 38.2 Å². The number of piperidine rings is 1. The molecule has 0 unspecified atom stereocenters. The molecule has 2 aromatic carbocycles. The van der Waals surface area contributed by atoms with Gasteiger partial charge in [0.05, 0.1) is 7.11 Å². The summed E-state index contributed by atoms with van der Waals surface area (Å²) in [7, 11) is 1.62. The molecule has 30 heavy (non-hydrogen) atoms. The number of halogens is 1. The average Bonchev–Trinajstić information content (AvgIpc) is 3.29. The summed E-state index contributed by atoms with van der Waals surface area (Å²) < 4.78 is 18.8. The van der Waals surface area contributed by atoms with Crippen LogP contribution in [0.25, 0.3) is 0 Å². The third kappa shape index (κ3) is 4.71. The second kappa shape index (κ2) is 9.41. The van der Waals surface area contributed by atoms with Gasteiger partial charge in [-0.3, -0.25) is 9.69 Å². The number of rotatable bonds is 6. The molecule has 4 rings (SSSR count). The Morgan fingerprint density at radius 1 is 1.13 bits per heavy atom. The Morgan fingerprint density at radius 3 is 2.57 bits per heavy atom. The van der Waals surface area contributed by atoms with Gasteiger partial charge in [0.15, 0.2) is 0 Å². The van der Waals surface area contributed by atoms with Crippen molar-refractivity contribution in [2.75, 3.05) is 25.1 Å². The third-order valence-electron chi connectivity index (χ3n) is 5.52. The van der Waals surface area contributed by atoms with Gasteiger partial charge in [-0.05, 0) is 60.7 Å². The van der Waals surface area contributed by atoms with Crippen molar-refractivity contribution in [3.8, 4) is 5.75 Å². The van der Waals surface area contributed by atoms with Gasteiger partial charge in [-0.2, -0.15) is 0 Å². The van der Waals surface area contributed by atoms with Crippen LogP contribution in [0.2, 0.25) is 0 Å². The normalized spacial score (nSPS) is 15.1. The van der Waals surface area contributed by atoms with E-state index in [1.54, 1.807) is 30.6 Å². The van der Waals surface area contributed by atoms with Crippen LogP contribution < -0.4 is 9.64 Å². The van der Waals surface area contributed by atoms with Crippen molar-refractivity contribution < 1.29 is 13.9 Å². The Labute approximate surface area is 180 Å². The lowest BCUT2D eigenvalue weighted by Gasteiger charge is -2.38. The van der Waals surface area contributed by atoms with Crippen LogP contribution in [-0.2, 0) is 6.54 Å². The summed E-state index contributed by atoms with van der Waals surface area (Å²) in [5.41, 5.74) is 1.29. The minimum absolute atomic E-state index is 0.0780. The van der Waals surface area contributed by atoms with Gasteiger partial charge in [-0.15, -0.1) is 11.3 Å². The molecule has 1 fully saturated rings. The molecule has 0 radical (unpaired) electrons. The highest BCUT2D eigenvalue weighted by atomic mass is 32.1. The molecule has 1 aliphatic rings. The molecular weight excluding hydrogens is 399 g/mol. The maximum absolute atomic E-state index is 13.4. The zero-order valence-corrected chi connectivity index (χ0v) is 17.8. The highest BCUT2D eigenvalue weighted by molar-refractivity contribution is 7.09. The average molecular weight is 425 g/mol. The van der Waals surface area contributed by atoms with Gasteiger partial charge in [0, 0.05) is 47.9 Å². The first-order valence-electron chi connectivity index (χ1n) is 10.1. The summed E-state index contributed by atoms with van der Waals surface area (Å²) in [6.45, 7) is 2.81. The molecule has 0 atom stereocenters. The lowest BCUT2D eigenvalue weighted by molar-refractivity contribution is 0.0958. The molecule has 1 aromatic heterocycles. The zero-order valence-electron chi connectivity index (χ0n) is 17.0. The minimum atomic E-state index is -0.346. The molecule has 0 spiro atoms. The maximum atomic E-state index is 13.4. The van der Waals surface area contributed by atoms with Crippen LogP contribution in [0.15, 0.2) is 66.0 Å². The second-order valence-corrected chi connectivity index (χ2v) is 8.50. The molecule has 156 valence electrons. The molecule has 0 aliphatic carbocycles. The Hall–Kier alpha value is -2.70. The van der Waals surface area contributed by atoms with Gasteiger partial charge in [0.25, 0.3) is 5.91 Å². The highest BCUT2D eigenvalue weighted by Gasteiger charge is 2.30. The van der Waals surface area contributed by atoms with E-state index in [1.165, 1.54) is 17.0 Å². The molecule has 2 heterocycles. The van der Waals surface area contributed by atoms with Crippen LogP contribution in [0.1, 0.15) is 28.1 Å². The van der Waals surface area contributed by atoms with Gasteiger partial charge in [0.1, 0.15) is 11.6 Å². The number of methoxy groups -OCH3 is 1. The van der Waals surface area contributed by atoms with Crippen LogP contribution in [0.3, 0.4) is 0 Å². The maximum Gasteiger partial charge on any atom is 0.258 e. The molecule has 4 nitrogen and oxygen atoms in total. The van der Waals surface area contributed by atoms with Crippen molar-refractivity contribution in [3.05, 3.63) is 82.3 Å². The topological polar surface area (TPSA) is 32.8 Å². The minimum Gasteiger partial charge on any atom is -0.497 e. The standard InChI is InChI=1S/C24H25FN2O2S/c1-29-22-5-2-4-21(16-22)27(24(28)18-7-9-19(25)10-8-18)20-11-13-26(14-12-20)17-23-6-3-15-30-23/h2-10,15-16,20H,11-14,17H2,1H3. The zero-order chi connectivity index (χ0) is 20.9. The van der Waals surface area contributed by atoms with Gasteiger partial charge in [-0.25, -0.2) is 4.39 Å². The number of nitrogens with zero attached hydrogens (tertiary/aromatic N) is 2. The fraction of sp³-hybridized carbons (Fsp3) is 0.292. The number of benzene rings is 2. The van der Waals surface area contributed by atoms with E-state index >= 15 is 0 Å². The first-order chi connectivity index (χ1) is 14.6. The Balaban J connectivity index is 1.56. The lowest BCUT2D eigenvalue weighted by Crippen LogP contribution is -2.47. The van der Waals surface area contributed by atoms with E-state index in [1.807, 2.05) is 29.2 Å². The van der Waals surface area contributed by atoms with Gasteiger partial charge >= 0.3 is 0 Å². The quantitative estimate of drug-likeness (QED) is 0.545. The van der Waals surface area contributed by atoms with Gasteiger partial charge in [0.2, 0.25) is 0 Å². The predicted molar refractivity (Wildman–Crippen MR) is 119 cm³/mol. The monoisotopic (exact) mass is 424 g/mol. The largest absolute Gasteiger partial charge is 0.497 e. The van der Waals surface area contributed by atoms with Crippen LogP contribution in [0, 0.1) is 5.82 Å². The summed E-state index contributed by atoms with van der Waals surface area (Å²) in [5, 5.41) is 2.11. The number of carbonyl (C=O) groups excluding carboxylic acids is 1.